The van der Waals surface area contributed by atoms with Gasteiger partial charge in [-0.15, -0.1) is 0 Å². The van der Waals surface area contributed by atoms with E-state index < -0.39 is 15.6 Å². The van der Waals surface area contributed by atoms with Gasteiger partial charge >= 0.3 is 15.6 Å². The Morgan fingerprint density at radius 2 is 1.79 bits per heavy atom. The van der Waals surface area contributed by atoms with E-state index in [0.717, 1.165) is 10.9 Å². The fourth-order valence-corrected chi connectivity index (χ4v) is 2.10. The maximum absolute atomic E-state index is 12.2. The molecule has 0 aliphatic rings. The molecule has 7 heteroatoms. The van der Waals surface area contributed by atoms with Crippen LogP contribution in [0.15, 0.2) is 36.4 Å². The summed E-state index contributed by atoms with van der Waals surface area (Å²) in [5, 5.41) is 1.43. The van der Waals surface area contributed by atoms with Crippen molar-refractivity contribution in [2.24, 2.45) is 0 Å². The molecule has 0 unspecified atom stereocenters. The lowest BCUT2D eigenvalue weighted by Gasteiger charge is -2.10. The summed E-state index contributed by atoms with van der Waals surface area (Å²) in [5.74, 6) is -0.365. The number of benzene rings is 2. The van der Waals surface area contributed by atoms with Crippen molar-refractivity contribution in [2.75, 3.05) is 0 Å². The van der Waals surface area contributed by atoms with Crippen LogP contribution < -0.4 is 4.18 Å². The number of alkyl halides is 3. The Kier molecular flexibility index (Phi) is 3.17. The second kappa shape index (κ2) is 4.41. The predicted molar refractivity (Wildman–Crippen MR) is 64.3 cm³/mol. The fourth-order valence-electron chi connectivity index (χ4n) is 1.65. The Morgan fingerprint density at radius 3 is 2.42 bits per heavy atom. The number of aryl methyl sites for hydroxylation is 1. The minimum Gasteiger partial charge on any atom is -0.376 e. The summed E-state index contributed by atoms with van der Waals surface area (Å²) in [6, 6.07) is 9.20. The lowest BCUT2D eigenvalue weighted by Crippen LogP contribution is -2.28. The quantitative estimate of drug-likeness (QED) is 0.629. The van der Waals surface area contributed by atoms with E-state index in [1.54, 1.807) is 12.1 Å². The second-order valence-corrected chi connectivity index (χ2v) is 5.48. The molecular formula is C12H9F3O3S. The molecule has 0 bridgehead atoms. The minimum atomic E-state index is -5.63. The van der Waals surface area contributed by atoms with Crippen LogP contribution in [0.5, 0.6) is 5.75 Å². The highest BCUT2D eigenvalue weighted by Crippen LogP contribution is 2.29. The monoisotopic (exact) mass is 290 g/mol. The Hall–Kier alpha value is -1.76. The van der Waals surface area contributed by atoms with E-state index in [0.29, 0.717) is 5.39 Å². The molecule has 2 aromatic rings. The van der Waals surface area contributed by atoms with Crippen molar-refractivity contribution in [2.45, 2.75) is 12.4 Å². The van der Waals surface area contributed by atoms with Crippen LogP contribution in [0, 0.1) is 6.92 Å². The highest BCUT2D eigenvalue weighted by molar-refractivity contribution is 7.88. The number of rotatable bonds is 2. The van der Waals surface area contributed by atoms with E-state index in [-0.39, 0.29) is 5.75 Å². The van der Waals surface area contributed by atoms with E-state index in [9.17, 15) is 21.6 Å². The fraction of sp³-hybridized carbons (Fsp3) is 0.167. The molecule has 0 aliphatic heterocycles. The minimum absolute atomic E-state index is 0.365. The molecular weight excluding hydrogens is 281 g/mol. The van der Waals surface area contributed by atoms with Gasteiger partial charge in [0.15, 0.2) is 0 Å². The van der Waals surface area contributed by atoms with Crippen LogP contribution in [-0.2, 0) is 10.1 Å². The van der Waals surface area contributed by atoms with Crippen LogP contribution in [0.2, 0.25) is 0 Å². The maximum atomic E-state index is 12.2. The standard InChI is InChI=1S/C12H9F3O3S/c1-8-3-2-4-9-7-10(5-6-11(8)9)18-19(16,17)12(13,14)15/h2-7H,1H3. The summed E-state index contributed by atoms with van der Waals surface area (Å²) in [6.07, 6.45) is 0. The van der Waals surface area contributed by atoms with Crippen LogP contribution in [-0.4, -0.2) is 13.9 Å². The van der Waals surface area contributed by atoms with E-state index in [1.165, 1.54) is 18.2 Å². The lowest BCUT2D eigenvalue weighted by molar-refractivity contribution is -0.0500. The van der Waals surface area contributed by atoms with Crippen molar-refractivity contribution in [3.63, 3.8) is 0 Å². The number of fused-ring (bicyclic) bond motifs is 1. The molecule has 19 heavy (non-hydrogen) atoms. The Morgan fingerprint density at radius 1 is 1.11 bits per heavy atom. The zero-order chi connectivity index (χ0) is 14.3. The SMILES string of the molecule is Cc1cccc2cc(OS(=O)(=O)C(F)(F)F)ccc12. The topological polar surface area (TPSA) is 43.4 Å². The third-order valence-corrected chi connectivity index (χ3v) is 3.54. The largest absolute Gasteiger partial charge is 0.534 e. The zero-order valence-corrected chi connectivity index (χ0v) is 10.5. The molecule has 2 rings (SSSR count). The van der Waals surface area contributed by atoms with Crippen molar-refractivity contribution in [3.05, 3.63) is 42.0 Å². The van der Waals surface area contributed by atoms with E-state index in [4.69, 9.17) is 0 Å². The predicted octanol–water partition coefficient (Wildman–Crippen LogP) is 3.38. The smallest absolute Gasteiger partial charge is 0.376 e. The molecule has 102 valence electrons. The van der Waals surface area contributed by atoms with Crippen molar-refractivity contribution >= 4 is 20.9 Å². The first kappa shape index (κ1) is 13.7. The molecule has 0 radical (unpaired) electrons. The molecule has 2 aromatic carbocycles. The first-order valence-electron chi connectivity index (χ1n) is 5.21. The molecule has 0 atom stereocenters. The Labute approximate surface area is 107 Å². The molecule has 0 fully saturated rings. The van der Waals surface area contributed by atoms with Crippen LogP contribution >= 0.6 is 0 Å². The van der Waals surface area contributed by atoms with Crippen LogP contribution in [0.1, 0.15) is 5.56 Å². The van der Waals surface area contributed by atoms with Crippen molar-refractivity contribution < 1.29 is 25.8 Å². The maximum Gasteiger partial charge on any atom is 0.534 e. The van der Waals surface area contributed by atoms with Crippen LogP contribution in [0.3, 0.4) is 0 Å². The van der Waals surface area contributed by atoms with Gasteiger partial charge in [-0.05, 0) is 35.4 Å². The molecule has 0 saturated carbocycles. The normalized spacial score (nSPS) is 12.6. The molecule has 0 N–H and O–H groups in total. The van der Waals surface area contributed by atoms with Gasteiger partial charge in [-0.25, -0.2) is 0 Å². The van der Waals surface area contributed by atoms with E-state index >= 15 is 0 Å². The van der Waals surface area contributed by atoms with Crippen molar-refractivity contribution in [3.8, 4) is 5.75 Å². The van der Waals surface area contributed by atoms with E-state index in [1.807, 2.05) is 13.0 Å². The number of hydrogen-bond donors (Lipinski definition) is 0. The number of halogens is 3. The van der Waals surface area contributed by atoms with Gasteiger partial charge in [0.2, 0.25) is 0 Å². The zero-order valence-electron chi connectivity index (χ0n) is 9.73. The first-order valence-corrected chi connectivity index (χ1v) is 6.62. The molecule has 3 nitrogen and oxygen atoms in total. The second-order valence-electron chi connectivity index (χ2n) is 3.94. The Bertz CT molecular complexity index is 721. The summed E-state index contributed by atoms with van der Waals surface area (Å²) in [6.45, 7) is 1.84. The van der Waals surface area contributed by atoms with Gasteiger partial charge in [0.1, 0.15) is 5.75 Å². The highest BCUT2D eigenvalue weighted by Gasteiger charge is 2.48. The molecule has 0 saturated heterocycles. The third-order valence-electron chi connectivity index (χ3n) is 2.56. The summed E-state index contributed by atoms with van der Waals surface area (Å²) < 4.78 is 62.4. The van der Waals surface area contributed by atoms with Gasteiger partial charge in [-0.3, -0.25) is 0 Å². The van der Waals surface area contributed by atoms with Gasteiger partial charge in [0.05, 0.1) is 0 Å². The summed E-state index contributed by atoms with van der Waals surface area (Å²) in [4.78, 5) is 0. The van der Waals surface area contributed by atoms with E-state index in [2.05, 4.69) is 4.18 Å². The molecule has 0 aliphatic carbocycles. The van der Waals surface area contributed by atoms with Gasteiger partial charge < -0.3 is 4.18 Å². The van der Waals surface area contributed by atoms with Gasteiger partial charge in [-0.1, -0.05) is 24.3 Å². The summed E-state index contributed by atoms with van der Waals surface area (Å²) >= 11 is 0. The highest BCUT2D eigenvalue weighted by atomic mass is 32.2. The molecule has 0 heterocycles. The first-order chi connectivity index (χ1) is 8.71. The van der Waals surface area contributed by atoms with Crippen LogP contribution in [0.25, 0.3) is 10.8 Å². The average Bonchev–Trinajstić information content (AvgIpc) is 2.27. The molecule has 0 spiro atoms. The van der Waals surface area contributed by atoms with Crippen LogP contribution in [0.4, 0.5) is 13.2 Å². The number of hydrogen-bond acceptors (Lipinski definition) is 3. The third kappa shape index (κ3) is 2.65. The van der Waals surface area contributed by atoms with Gasteiger partial charge in [0, 0.05) is 0 Å². The molecule has 0 aromatic heterocycles. The van der Waals surface area contributed by atoms with Gasteiger partial charge in [-0.2, -0.15) is 21.6 Å². The van der Waals surface area contributed by atoms with Crippen molar-refractivity contribution in [1.82, 2.24) is 0 Å². The lowest BCUT2D eigenvalue weighted by atomic mass is 10.1. The van der Waals surface area contributed by atoms with Gasteiger partial charge in [0.25, 0.3) is 0 Å². The Balaban J connectivity index is 2.44. The molecule has 0 amide bonds. The summed E-state index contributed by atoms with van der Waals surface area (Å²) in [7, 11) is -5.63. The van der Waals surface area contributed by atoms with Crippen molar-refractivity contribution in [1.29, 1.82) is 0 Å². The summed E-state index contributed by atoms with van der Waals surface area (Å²) in [5.41, 5.74) is -4.50. The average molecular weight is 290 g/mol.